The first-order chi connectivity index (χ1) is 12.5. The van der Waals surface area contributed by atoms with Crippen LogP contribution in [0.15, 0.2) is 60.7 Å². The zero-order chi connectivity index (χ0) is 18.7. The molecular weight excluding hydrogens is 332 g/mol. The lowest BCUT2D eigenvalue weighted by molar-refractivity contribution is -0.385. The van der Waals surface area contributed by atoms with E-state index in [0.29, 0.717) is 11.5 Å². The van der Waals surface area contributed by atoms with E-state index in [0.717, 1.165) is 11.1 Å². The van der Waals surface area contributed by atoms with E-state index in [1.54, 1.807) is 25.1 Å². The first kappa shape index (κ1) is 17.2. The molecule has 3 aromatic rings. The molecule has 0 radical (unpaired) electrons. The fraction of sp³-hybridized carbons (Fsp3) is 0.105. The molecule has 1 amide bonds. The first-order valence-corrected chi connectivity index (χ1v) is 7.89. The lowest BCUT2D eigenvalue weighted by atomic mass is 10.1. The van der Waals surface area contributed by atoms with Crippen molar-refractivity contribution in [2.24, 2.45) is 0 Å². The molecule has 0 bridgehead atoms. The lowest BCUT2D eigenvalue weighted by Crippen LogP contribution is -2.28. The average molecular weight is 348 g/mol. The quantitative estimate of drug-likeness (QED) is 0.530. The summed E-state index contributed by atoms with van der Waals surface area (Å²) in [6.07, 6.45) is 0. The predicted molar refractivity (Wildman–Crippen MR) is 98.0 cm³/mol. The summed E-state index contributed by atoms with van der Waals surface area (Å²) in [7, 11) is 1.51. The van der Waals surface area contributed by atoms with E-state index >= 15 is 0 Å². The normalized spacial score (nSPS) is 10.4. The van der Waals surface area contributed by atoms with Crippen LogP contribution < -0.4 is 4.90 Å². The number of benzene rings is 2. The van der Waals surface area contributed by atoms with Crippen LogP contribution >= 0.6 is 0 Å². The van der Waals surface area contributed by atoms with Gasteiger partial charge in [0.05, 0.1) is 10.6 Å². The minimum absolute atomic E-state index is 0.0198. The molecule has 0 fully saturated rings. The number of anilines is 1. The fourth-order valence-corrected chi connectivity index (χ4v) is 2.53. The van der Waals surface area contributed by atoms with Gasteiger partial charge in [-0.05, 0) is 30.7 Å². The summed E-state index contributed by atoms with van der Waals surface area (Å²) in [6, 6.07) is 17.4. The smallest absolute Gasteiger partial charge is 0.282 e. The Labute approximate surface area is 150 Å². The molecule has 2 aromatic carbocycles. The van der Waals surface area contributed by atoms with Crippen molar-refractivity contribution in [1.29, 1.82) is 0 Å². The molecule has 0 aliphatic carbocycles. The molecule has 0 aliphatic rings. The second-order valence-corrected chi connectivity index (χ2v) is 5.78. The zero-order valence-corrected chi connectivity index (χ0v) is 14.3. The number of hydrogen-bond donors (Lipinski definition) is 0. The number of aryl methyl sites for hydroxylation is 1. The highest BCUT2D eigenvalue weighted by molar-refractivity contribution is 6.08. The van der Waals surface area contributed by atoms with Gasteiger partial charge in [-0.25, -0.2) is 0 Å². The van der Waals surface area contributed by atoms with E-state index in [1.807, 2.05) is 30.3 Å². The molecule has 130 valence electrons. The molecule has 1 heterocycles. The highest BCUT2D eigenvalue weighted by Crippen LogP contribution is 2.24. The van der Waals surface area contributed by atoms with Crippen molar-refractivity contribution < 1.29 is 9.72 Å². The number of nitrogens with zero attached hydrogens (tertiary/aromatic N) is 4. The summed E-state index contributed by atoms with van der Waals surface area (Å²) in [6.45, 7) is 1.77. The van der Waals surface area contributed by atoms with Gasteiger partial charge in [0.2, 0.25) is 0 Å². The van der Waals surface area contributed by atoms with Crippen LogP contribution in [0.25, 0.3) is 11.3 Å². The number of hydrogen-bond acceptors (Lipinski definition) is 5. The lowest BCUT2D eigenvalue weighted by Gasteiger charge is -2.16. The maximum Gasteiger partial charge on any atom is 0.282 e. The van der Waals surface area contributed by atoms with Crippen LogP contribution in [-0.2, 0) is 0 Å². The van der Waals surface area contributed by atoms with Gasteiger partial charge in [-0.2, -0.15) is 0 Å². The molecule has 7 heteroatoms. The minimum atomic E-state index is -0.565. The second-order valence-electron chi connectivity index (χ2n) is 5.78. The third-order valence-corrected chi connectivity index (χ3v) is 3.95. The highest BCUT2D eigenvalue weighted by atomic mass is 16.6. The van der Waals surface area contributed by atoms with Crippen LogP contribution in [0.2, 0.25) is 0 Å². The molecule has 26 heavy (non-hydrogen) atoms. The molecule has 0 N–H and O–H groups in total. The average Bonchev–Trinajstić information content (AvgIpc) is 2.67. The van der Waals surface area contributed by atoms with Gasteiger partial charge in [-0.3, -0.25) is 19.8 Å². The summed E-state index contributed by atoms with van der Waals surface area (Å²) in [5, 5.41) is 19.4. The van der Waals surface area contributed by atoms with Gasteiger partial charge in [-0.15, -0.1) is 10.2 Å². The van der Waals surface area contributed by atoms with E-state index in [1.165, 1.54) is 24.1 Å². The molecule has 0 unspecified atom stereocenters. The summed E-state index contributed by atoms with van der Waals surface area (Å²) < 4.78 is 0. The molecule has 0 saturated carbocycles. The third-order valence-electron chi connectivity index (χ3n) is 3.95. The number of aromatic nitrogens is 2. The van der Waals surface area contributed by atoms with Crippen LogP contribution in [0.3, 0.4) is 0 Å². The van der Waals surface area contributed by atoms with Crippen LogP contribution in [-0.4, -0.2) is 28.1 Å². The molecule has 0 atom stereocenters. The van der Waals surface area contributed by atoms with Gasteiger partial charge in [0.1, 0.15) is 5.56 Å². The first-order valence-electron chi connectivity index (χ1n) is 7.89. The Morgan fingerprint density at radius 1 is 1.04 bits per heavy atom. The monoisotopic (exact) mass is 348 g/mol. The molecule has 0 saturated heterocycles. The van der Waals surface area contributed by atoms with E-state index in [2.05, 4.69) is 10.2 Å². The molecular formula is C19H16N4O3. The zero-order valence-electron chi connectivity index (χ0n) is 14.3. The molecule has 0 spiro atoms. The standard InChI is InChI=1S/C19H16N4O3/c1-13-8-10-17(23(25)26)15(12-13)19(24)22(2)18-11-9-16(20-21-18)14-6-4-3-5-7-14/h3-12H,1-2H3. The van der Waals surface area contributed by atoms with Crippen molar-refractivity contribution in [1.82, 2.24) is 10.2 Å². The molecule has 7 nitrogen and oxygen atoms in total. The van der Waals surface area contributed by atoms with Crippen LogP contribution in [0, 0.1) is 17.0 Å². The number of carbonyl (C=O) groups is 1. The Morgan fingerprint density at radius 3 is 2.38 bits per heavy atom. The van der Waals surface area contributed by atoms with Gasteiger partial charge in [0.15, 0.2) is 5.82 Å². The fourth-order valence-electron chi connectivity index (χ4n) is 2.53. The third kappa shape index (κ3) is 3.41. The van der Waals surface area contributed by atoms with Gasteiger partial charge >= 0.3 is 0 Å². The van der Waals surface area contributed by atoms with Crippen molar-refractivity contribution in [2.45, 2.75) is 6.92 Å². The summed E-state index contributed by atoms with van der Waals surface area (Å²) in [4.78, 5) is 24.6. The van der Waals surface area contributed by atoms with Gasteiger partial charge in [-0.1, -0.05) is 36.4 Å². The molecule has 1 aromatic heterocycles. The maximum absolute atomic E-state index is 12.7. The van der Waals surface area contributed by atoms with E-state index in [4.69, 9.17) is 0 Å². The highest BCUT2D eigenvalue weighted by Gasteiger charge is 2.24. The van der Waals surface area contributed by atoms with Gasteiger partial charge in [0.25, 0.3) is 11.6 Å². The predicted octanol–water partition coefficient (Wildman–Crippen LogP) is 3.64. The number of nitro benzene ring substituents is 1. The van der Waals surface area contributed by atoms with Crippen LogP contribution in [0.4, 0.5) is 11.5 Å². The largest absolute Gasteiger partial charge is 0.294 e. The SMILES string of the molecule is Cc1ccc([N+](=O)[O-])c(C(=O)N(C)c2ccc(-c3ccccc3)nn2)c1. The van der Waals surface area contributed by atoms with E-state index in [9.17, 15) is 14.9 Å². The number of nitro groups is 1. The van der Waals surface area contributed by atoms with Crippen LogP contribution in [0.1, 0.15) is 15.9 Å². The number of carbonyl (C=O) groups excluding carboxylic acids is 1. The number of rotatable bonds is 4. The Balaban J connectivity index is 1.90. The Morgan fingerprint density at radius 2 is 1.77 bits per heavy atom. The molecule has 0 aliphatic heterocycles. The Hall–Kier alpha value is -3.61. The van der Waals surface area contributed by atoms with Crippen molar-refractivity contribution in [3.8, 4) is 11.3 Å². The van der Waals surface area contributed by atoms with Crippen molar-refractivity contribution in [3.05, 3.63) is 81.9 Å². The van der Waals surface area contributed by atoms with Crippen molar-refractivity contribution in [2.75, 3.05) is 11.9 Å². The topological polar surface area (TPSA) is 89.2 Å². The van der Waals surface area contributed by atoms with Crippen LogP contribution in [0.5, 0.6) is 0 Å². The molecule has 3 rings (SSSR count). The summed E-state index contributed by atoms with van der Waals surface area (Å²) in [5.74, 6) is -0.201. The summed E-state index contributed by atoms with van der Waals surface area (Å²) in [5.41, 5.74) is 2.14. The van der Waals surface area contributed by atoms with Crippen molar-refractivity contribution in [3.63, 3.8) is 0 Å². The Kier molecular flexibility index (Phi) is 4.70. The van der Waals surface area contributed by atoms with E-state index < -0.39 is 10.8 Å². The van der Waals surface area contributed by atoms with Gasteiger partial charge < -0.3 is 0 Å². The van der Waals surface area contributed by atoms with E-state index in [-0.39, 0.29) is 11.3 Å². The van der Waals surface area contributed by atoms with Crippen molar-refractivity contribution >= 4 is 17.4 Å². The minimum Gasteiger partial charge on any atom is -0.294 e. The summed E-state index contributed by atoms with van der Waals surface area (Å²) >= 11 is 0. The Bertz CT molecular complexity index is 956. The number of amides is 1. The maximum atomic E-state index is 12.7. The second kappa shape index (κ2) is 7.10. The van der Waals surface area contributed by atoms with Gasteiger partial charge in [0, 0.05) is 18.7 Å².